The third kappa shape index (κ3) is 4.93. The van der Waals surface area contributed by atoms with E-state index in [1.165, 1.54) is 0 Å². The first-order valence-electron chi connectivity index (χ1n) is 9.35. The zero-order chi connectivity index (χ0) is 19.9. The molecule has 1 aromatic rings. The molecular weight excluding hydrogens is 364 g/mol. The number of hydrogen-bond donors (Lipinski definition) is 2. The molecule has 150 valence electrons. The first-order valence-corrected chi connectivity index (χ1v) is 9.35. The number of morpholine rings is 1. The van der Waals surface area contributed by atoms with Crippen LogP contribution >= 0.6 is 0 Å². The molecule has 9 heteroatoms. The van der Waals surface area contributed by atoms with Crippen LogP contribution in [0.1, 0.15) is 27.1 Å². The van der Waals surface area contributed by atoms with Crippen LogP contribution in [-0.2, 0) is 14.3 Å². The average molecular weight is 388 g/mol. The van der Waals surface area contributed by atoms with Crippen molar-refractivity contribution in [3.8, 4) is 0 Å². The molecule has 28 heavy (non-hydrogen) atoms. The number of ether oxygens (including phenoxy) is 1. The third-order valence-electron chi connectivity index (χ3n) is 4.74. The first kappa shape index (κ1) is 20.0. The Labute approximate surface area is 163 Å². The van der Waals surface area contributed by atoms with Crippen LogP contribution in [0.5, 0.6) is 0 Å². The Morgan fingerprint density at radius 3 is 2.21 bits per heavy atom. The Kier molecular flexibility index (Phi) is 6.72. The van der Waals surface area contributed by atoms with Gasteiger partial charge >= 0.3 is 0 Å². The van der Waals surface area contributed by atoms with E-state index in [-0.39, 0.29) is 31.3 Å². The summed E-state index contributed by atoms with van der Waals surface area (Å²) < 4.78 is 5.26. The number of rotatable bonds is 8. The summed E-state index contributed by atoms with van der Waals surface area (Å²) in [4.78, 5) is 51.5. The van der Waals surface area contributed by atoms with Gasteiger partial charge in [0.15, 0.2) is 0 Å². The topological polar surface area (TPSA) is 108 Å². The van der Waals surface area contributed by atoms with Crippen LogP contribution < -0.4 is 10.6 Å². The smallest absolute Gasteiger partial charge is 0.261 e. The predicted octanol–water partition coefficient (Wildman–Crippen LogP) is -0.763. The summed E-state index contributed by atoms with van der Waals surface area (Å²) in [5.41, 5.74) is 0.708. The number of fused-ring (bicyclic) bond motifs is 1. The molecule has 0 aromatic heterocycles. The Morgan fingerprint density at radius 1 is 0.929 bits per heavy atom. The van der Waals surface area contributed by atoms with Crippen LogP contribution in [0.2, 0.25) is 0 Å². The normalized spacial score (nSPS) is 16.8. The third-order valence-corrected chi connectivity index (χ3v) is 4.74. The lowest BCUT2D eigenvalue weighted by molar-refractivity contribution is -0.126. The van der Waals surface area contributed by atoms with Crippen molar-refractivity contribution in [1.29, 1.82) is 0 Å². The molecule has 4 amide bonds. The number of carbonyl (C=O) groups is 4. The molecule has 0 saturated carbocycles. The molecule has 1 saturated heterocycles. The summed E-state index contributed by atoms with van der Waals surface area (Å²) in [6.45, 7) is 4.20. The van der Waals surface area contributed by atoms with E-state index in [0.717, 1.165) is 24.5 Å². The summed E-state index contributed by atoms with van der Waals surface area (Å²) in [5.74, 6) is -1.45. The Balaban J connectivity index is 1.33. The summed E-state index contributed by atoms with van der Waals surface area (Å²) in [7, 11) is 0. The molecule has 0 bridgehead atoms. The summed E-state index contributed by atoms with van der Waals surface area (Å²) >= 11 is 0. The van der Waals surface area contributed by atoms with Crippen molar-refractivity contribution in [2.24, 2.45) is 0 Å². The van der Waals surface area contributed by atoms with Gasteiger partial charge < -0.3 is 15.4 Å². The van der Waals surface area contributed by atoms with E-state index in [1.807, 2.05) is 0 Å². The Bertz CT molecular complexity index is 725. The van der Waals surface area contributed by atoms with Crippen molar-refractivity contribution in [3.63, 3.8) is 0 Å². The fourth-order valence-corrected chi connectivity index (χ4v) is 3.16. The van der Waals surface area contributed by atoms with Crippen molar-refractivity contribution in [2.75, 3.05) is 52.5 Å². The van der Waals surface area contributed by atoms with Crippen molar-refractivity contribution >= 4 is 23.6 Å². The second kappa shape index (κ2) is 9.43. The van der Waals surface area contributed by atoms with Crippen molar-refractivity contribution in [2.45, 2.75) is 6.42 Å². The SMILES string of the molecule is O=C(CCN1C(=O)c2ccccc2C1=O)NCC(=O)NCCN1CCOCC1. The van der Waals surface area contributed by atoms with Gasteiger partial charge in [-0.1, -0.05) is 12.1 Å². The fourth-order valence-electron chi connectivity index (χ4n) is 3.16. The molecule has 3 rings (SSSR count). The van der Waals surface area contributed by atoms with Crippen molar-refractivity contribution in [3.05, 3.63) is 35.4 Å². The van der Waals surface area contributed by atoms with Gasteiger partial charge in [0, 0.05) is 39.1 Å². The van der Waals surface area contributed by atoms with Gasteiger partial charge in [0.25, 0.3) is 11.8 Å². The summed E-state index contributed by atoms with van der Waals surface area (Å²) in [6, 6.07) is 6.57. The van der Waals surface area contributed by atoms with E-state index in [4.69, 9.17) is 4.74 Å². The van der Waals surface area contributed by atoms with E-state index in [0.29, 0.717) is 30.9 Å². The zero-order valence-electron chi connectivity index (χ0n) is 15.6. The van der Waals surface area contributed by atoms with Crippen LogP contribution in [0, 0.1) is 0 Å². The minimum atomic E-state index is -0.394. The second-order valence-corrected chi connectivity index (χ2v) is 6.64. The number of benzene rings is 1. The molecule has 0 atom stereocenters. The highest BCUT2D eigenvalue weighted by Gasteiger charge is 2.34. The highest BCUT2D eigenvalue weighted by Crippen LogP contribution is 2.22. The molecule has 1 aromatic carbocycles. The maximum Gasteiger partial charge on any atom is 0.261 e. The maximum atomic E-state index is 12.2. The van der Waals surface area contributed by atoms with E-state index in [1.54, 1.807) is 24.3 Å². The summed E-state index contributed by atoms with van der Waals surface area (Å²) in [5, 5.41) is 5.27. The summed E-state index contributed by atoms with van der Waals surface area (Å²) in [6.07, 6.45) is -0.0491. The number of nitrogens with one attached hydrogen (secondary N) is 2. The minimum Gasteiger partial charge on any atom is -0.379 e. The van der Waals surface area contributed by atoms with Gasteiger partial charge in [-0.05, 0) is 12.1 Å². The highest BCUT2D eigenvalue weighted by atomic mass is 16.5. The lowest BCUT2D eigenvalue weighted by Gasteiger charge is -2.26. The maximum absolute atomic E-state index is 12.2. The van der Waals surface area contributed by atoms with Gasteiger partial charge in [-0.3, -0.25) is 29.0 Å². The monoisotopic (exact) mass is 388 g/mol. The van der Waals surface area contributed by atoms with Crippen LogP contribution in [-0.4, -0.2) is 85.9 Å². The highest BCUT2D eigenvalue weighted by molar-refractivity contribution is 6.21. The number of imide groups is 1. The van der Waals surface area contributed by atoms with Gasteiger partial charge in [0.1, 0.15) is 0 Å². The number of amides is 4. The average Bonchev–Trinajstić information content (AvgIpc) is 2.96. The number of nitrogens with zero attached hydrogens (tertiary/aromatic N) is 2. The Hall–Kier alpha value is -2.78. The van der Waals surface area contributed by atoms with E-state index < -0.39 is 11.8 Å². The minimum absolute atomic E-state index is 0.0170. The van der Waals surface area contributed by atoms with Gasteiger partial charge in [0.2, 0.25) is 11.8 Å². The Morgan fingerprint density at radius 2 is 1.57 bits per heavy atom. The van der Waals surface area contributed by atoms with Gasteiger partial charge in [-0.15, -0.1) is 0 Å². The molecular formula is C19H24N4O5. The predicted molar refractivity (Wildman–Crippen MR) is 99.7 cm³/mol. The second-order valence-electron chi connectivity index (χ2n) is 6.64. The molecule has 0 spiro atoms. The lowest BCUT2D eigenvalue weighted by atomic mass is 10.1. The first-order chi connectivity index (χ1) is 13.6. The van der Waals surface area contributed by atoms with Gasteiger partial charge in [0.05, 0.1) is 30.9 Å². The molecule has 2 heterocycles. The van der Waals surface area contributed by atoms with Gasteiger partial charge in [-0.25, -0.2) is 0 Å². The molecule has 0 radical (unpaired) electrons. The fraction of sp³-hybridized carbons (Fsp3) is 0.474. The molecule has 1 fully saturated rings. The van der Waals surface area contributed by atoms with E-state index in [2.05, 4.69) is 15.5 Å². The molecule has 0 unspecified atom stereocenters. The number of hydrogen-bond acceptors (Lipinski definition) is 6. The molecule has 9 nitrogen and oxygen atoms in total. The zero-order valence-corrected chi connectivity index (χ0v) is 15.6. The van der Waals surface area contributed by atoms with Crippen LogP contribution in [0.25, 0.3) is 0 Å². The van der Waals surface area contributed by atoms with Crippen LogP contribution in [0.4, 0.5) is 0 Å². The molecule has 2 aliphatic rings. The van der Waals surface area contributed by atoms with Gasteiger partial charge in [-0.2, -0.15) is 0 Å². The lowest BCUT2D eigenvalue weighted by Crippen LogP contribution is -2.43. The standard InChI is InChI=1S/C19H24N4O5/c24-16(21-13-17(25)20-6-8-22-9-11-28-12-10-22)5-7-23-18(26)14-3-1-2-4-15(14)19(23)27/h1-4H,5-13H2,(H,20,25)(H,21,24). The van der Waals surface area contributed by atoms with Crippen LogP contribution in [0.3, 0.4) is 0 Å². The molecule has 0 aliphatic carbocycles. The van der Waals surface area contributed by atoms with Crippen molar-refractivity contribution < 1.29 is 23.9 Å². The van der Waals surface area contributed by atoms with Crippen LogP contribution in [0.15, 0.2) is 24.3 Å². The van der Waals surface area contributed by atoms with Crippen molar-refractivity contribution in [1.82, 2.24) is 20.4 Å². The molecule has 2 aliphatic heterocycles. The van der Waals surface area contributed by atoms with E-state index >= 15 is 0 Å². The number of carbonyl (C=O) groups excluding carboxylic acids is 4. The van der Waals surface area contributed by atoms with E-state index in [9.17, 15) is 19.2 Å². The largest absolute Gasteiger partial charge is 0.379 e. The quantitative estimate of drug-likeness (QED) is 0.567. The molecule has 2 N–H and O–H groups in total.